The molecule has 0 saturated carbocycles. The van der Waals surface area contributed by atoms with Gasteiger partial charge in [0.25, 0.3) is 0 Å². The van der Waals surface area contributed by atoms with Gasteiger partial charge in [0.2, 0.25) is 0 Å². The smallest absolute Gasteiger partial charge is 0.123 e. The van der Waals surface area contributed by atoms with E-state index < -0.39 is 0 Å². The summed E-state index contributed by atoms with van der Waals surface area (Å²) in [7, 11) is 0. The Hall–Kier alpha value is -4.56. The van der Waals surface area contributed by atoms with Crippen LogP contribution in [0.4, 0.5) is 8.78 Å². The molecule has 170 valence electrons. The minimum atomic E-state index is -0.225. The van der Waals surface area contributed by atoms with Crippen molar-refractivity contribution < 1.29 is 8.78 Å². The van der Waals surface area contributed by atoms with Gasteiger partial charge in [0, 0.05) is 0 Å². The van der Waals surface area contributed by atoms with Crippen molar-refractivity contribution in [1.82, 2.24) is 0 Å². The van der Waals surface area contributed by atoms with E-state index in [1.165, 1.54) is 56.6 Å². The molecular weight excluding hydrogens is 446 g/mol. The van der Waals surface area contributed by atoms with E-state index in [1.54, 1.807) is 0 Å². The summed E-state index contributed by atoms with van der Waals surface area (Å²) in [5.41, 5.74) is 4.16. The summed E-state index contributed by atoms with van der Waals surface area (Å²) in [5.74, 6) is -0.451. The molecule has 0 saturated heterocycles. The molecule has 7 rings (SSSR count). The van der Waals surface area contributed by atoms with Crippen LogP contribution in [0.5, 0.6) is 0 Å². The molecule has 0 heterocycles. The lowest BCUT2D eigenvalue weighted by atomic mass is 9.92. The number of hydrogen-bond donors (Lipinski definition) is 0. The zero-order chi connectivity index (χ0) is 24.2. The number of rotatable bonds is 2. The van der Waals surface area contributed by atoms with Crippen LogP contribution in [-0.4, -0.2) is 0 Å². The number of fused-ring (bicyclic) bond motifs is 7. The van der Waals surface area contributed by atoms with Gasteiger partial charge in [0.15, 0.2) is 0 Å². The first-order valence-electron chi connectivity index (χ1n) is 12.0. The van der Waals surface area contributed by atoms with Gasteiger partial charge in [-0.2, -0.15) is 0 Å². The van der Waals surface area contributed by atoms with Crippen LogP contribution in [-0.2, 0) is 0 Å². The molecule has 0 amide bonds. The van der Waals surface area contributed by atoms with Crippen molar-refractivity contribution in [1.29, 1.82) is 0 Å². The van der Waals surface area contributed by atoms with Crippen LogP contribution >= 0.6 is 0 Å². The third-order valence-electron chi connectivity index (χ3n) is 7.18. The lowest BCUT2D eigenvalue weighted by Crippen LogP contribution is -1.85. The number of hydrogen-bond acceptors (Lipinski definition) is 0. The fourth-order valence-corrected chi connectivity index (χ4v) is 5.35. The third kappa shape index (κ3) is 3.34. The first kappa shape index (κ1) is 20.8. The van der Waals surface area contributed by atoms with E-state index in [0.717, 1.165) is 33.0 Å². The standard InChI is InChI=1S/C34H20F2/c35-27-9-1-21(2-10-27)23-5-13-29-25(19-23)7-15-33-31(29)17-18-32-30-14-6-24(20-26(30)8-16-34(32)33)22-3-11-28(36)12-4-22/h1-20H. The highest BCUT2D eigenvalue weighted by Crippen LogP contribution is 2.37. The molecule has 0 atom stereocenters. The second-order valence-corrected chi connectivity index (χ2v) is 9.27. The average Bonchev–Trinajstić information content (AvgIpc) is 2.92. The molecule has 0 spiro atoms. The van der Waals surface area contributed by atoms with Crippen LogP contribution < -0.4 is 0 Å². The van der Waals surface area contributed by atoms with Gasteiger partial charge in [-0.15, -0.1) is 0 Å². The Kier molecular flexibility index (Phi) is 4.62. The van der Waals surface area contributed by atoms with Crippen LogP contribution in [0.15, 0.2) is 121 Å². The zero-order valence-electron chi connectivity index (χ0n) is 19.3. The Bertz CT molecular complexity index is 1790. The molecule has 0 radical (unpaired) electrons. The van der Waals surface area contributed by atoms with Gasteiger partial charge in [-0.3, -0.25) is 0 Å². The third-order valence-corrected chi connectivity index (χ3v) is 7.18. The highest BCUT2D eigenvalue weighted by atomic mass is 19.1. The van der Waals surface area contributed by atoms with Crippen molar-refractivity contribution in [2.45, 2.75) is 0 Å². The molecule has 7 aromatic carbocycles. The highest BCUT2D eigenvalue weighted by Gasteiger charge is 2.09. The van der Waals surface area contributed by atoms with Crippen molar-refractivity contribution in [2.24, 2.45) is 0 Å². The summed E-state index contributed by atoms with van der Waals surface area (Å²) in [6, 6.07) is 39.3. The molecule has 0 aromatic heterocycles. The molecule has 0 unspecified atom stereocenters. The lowest BCUT2D eigenvalue weighted by molar-refractivity contribution is 0.627. The number of halogens is 2. The van der Waals surface area contributed by atoms with E-state index in [1.807, 2.05) is 24.3 Å². The van der Waals surface area contributed by atoms with Crippen molar-refractivity contribution in [2.75, 3.05) is 0 Å². The van der Waals surface area contributed by atoms with E-state index >= 15 is 0 Å². The molecule has 0 aliphatic rings. The maximum Gasteiger partial charge on any atom is 0.123 e. The van der Waals surface area contributed by atoms with Gasteiger partial charge in [-0.1, -0.05) is 84.9 Å². The Labute approximate surface area is 207 Å². The SMILES string of the molecule is Fc1ccc(-c2ccc3c(ccc4c3ccc3c5ccc(-c6ccc(F)cc6)cc5ccc34)c2)cc1. The van der Waals surface area contributed by atoms with Crippen LogP contribution in [0, 0.1) is 11.6 Å². The van der Waals surface area contributed by atoms with Crippen molar-refractivity contribution in [3.05, 3.63) is 133 Å². The van der Waals surface area contributed by atoms with Gasteiger partial charge in [0.05, 0.1) is 0 Å². The van der Waals surface area contributed by atoms with Gasteiger partial charge >= 0.3 is 0 Å². The summed E-state index contributed by atoms with van der Waals surface area (Å²) in [5, 5.41) is 9.60. The minimum Gasteiger partial charge on any atom is -0.207 e. The minimum absolute atomic E-state index is 0.225. The summed E-state index contributed by atoms with van der Waals surface area (Å²) in [4.78, 5) is 0. The first-order chi connectivity index (χ1) is 17.6. The molecule has 0 bridgehead atoms. The Morgan fingerprint density at radius 2 is 0.583 bits per heavy atom. The van der Waals surface area contributed by atoms with E-state index in [2.05, 4.69) is 72.8 Å². The predicted molar refractivity (Wildman–Crippen MR) is 147 cm³/mol. The van der Waals surface area contributed by atoms with Crippen molar-refractivity contribution in [3.63, 3.8) is 0 Å². The number of benzene rings is 7. The molecule has 0 aliphatic heterocycles. The van der Waals surface area contributed by atoms with E-state index in [0.29, 0.717) is 0 Å². The van der Waals surface area contributed by atoms with Crippen LogP contribution in [0.1, 0.15) is 0 Å². The van der Waals surface area contributed by atoms with Crippen LogP contribution in [0.25, 0.3) is 65.3 Å². The summed E-state index contributed by atoms with van der Waals surface area (Å²) in [6.45, 7) is 0. The Morgan fingerprint density at radius 1 is 0.278 bits per heavy atom. The van der Waals surface area contributed by atoms with Crippen molar-refractivity contribution in [3.8, 4) is 22.3 Å². The van der Waals surface area contributed by atoms with Crippen molar-refractivity contribution >= 4 is 43.1 Å². The van der Waals surface area contributed by atoms with Gasteiger partial charge in [0.1, 0.15) is 11.6 Å². The maximum absolute atomic E-state index is 13.4. The quantitative estimate of drug-likeness (QED) is 0.222. The second kappa shape index (κ2) is 8.00. The predicted octanol–water partition coefficient (Wildman–Crippen LogP) is 9.91. The van der Waals surface area contributed by atoms with E-state index in [9.17, 15) is 8.78 Å². The molecule has 2 heteroatoms. The van der Waals surface area contributed by atoms with Gasteiger partial charge in [-0.25, -0.2) is 8.78 Å². The molecule has 0 fully saturated rings. The van der Waals surface area contributed by atoms with E-state index in [4.69, 9.17) is 0 Å². The fourth-order valence-electron chi connectivity index (χ4n) is 5.35. The molecule has 0 N–H and O–H groups in total. The first-order valence-corrected chi connectivity index (χ1v) is 12.0. The summed E-state index contributed by atoms with van der Waals surface area (Å²) >= 11 is 0. The normalized spacial score (nSPS) is 11.6. The average molecular weight is 467 g/mol. The molecular formula is C34H20F2. The Morgan fingerprint density at radius 3 is 1.00 bits per heavy atom. The highest BCUT2D eigenvalue weighted by molar-refractivity contribution is 6.22. The van der Waals surface area contributed by atoms with Crippen LogP contribution in [0.3, 0.4) is 0 Å². The lowest BCUT2D eigenvalue weighted by Gasteiger charge is -2.12. The molecule has 7 aromatic rings. The largest absolute Gasteiger partial charge is 0.207 e. The maximum atomic E-state index is 13.4. The van der Waals surface area contributed by atoms with Crippen LogP contribution in [0.2, 0.25) is 0 Å². The molecule has 0 aliphatic carbocycles. The topological polar surface area (TPSA) is 0 Å². The van der Waals surface area contributed by atoms with E-state index in [-0.39, 0.29) is 11.6 Å². The molecule has 0 nitrogen and oxygen atoms in total. The monoisotopic (exact) mass is 466 g/mol. The fraction of sp³-hybridized carbons (Fsp3) is 0. The molecule has 36 heavy (non-hydrogen) atoms. The second-order valence-electron chi connectivity index (χ2n) is 9.27. The zero-order valence-corrected chi connectivity index (χ0v) is 19.3. The summed E-state index contributed by atoms with van der Waals surface area (Å²) in [6.07, 6.45) is 0. The Balaban J connectivity index is 1.37. The van der Waals surface area contributed by atoms with Gasteiger partial charge < -0.3 is 0 Å². The summed E-state index contributed by atoms with van der Waals surface area (Å²) < 4.78 is 26.7. The van der Waals surface area contributed by atoms with Gasteiger partial charge in [-0.05, 0) is 102 Å².